The standard InChI is InChI=1S/C23H27NO6/c1-5-29-13-20-12-19(10-11-22(20)28-4)23(27)30-14-21(26)18-8-6-17(7-9-18)15(2)24-16(3)25/h6-12,15H,5,13-14H2,1-4H3,(H,24,25)/t15-/m0/s1. The van der Waals surface area contributed by atoms with Crippen molar-refractivity contribution in [1.82, 2.24) is 5.32 Å². The molecule has 30 heavy (non-hydrogen) atoms. The first-order chi connectivity index (χ1) is 14.3. The maximum Gasteiger partial charge on any atom is 0.338 e. The summed E-state index contributed by atoms with van der Waals surface area (Å²) in [5.74, 6) is -0.424. The van der Waals surface area contributed by atoms with Crippen LogP contribution in [-0.2, 0) is 20.9 Å². The molecule has 0 fully saturated rings. The van der Waals surface area contributed by atoms with Crippen LogP contribution in [0.2, 0.25) is 0 Å². The molecule has 1 amide bonds. The molecule has 0 radical (unpaired) electrons. The van der Waals surface area contributed by atoms with Gasteiger partial charge in [0.25, 0.3) is 0 Å². The Balaban J connectivity index is 1.98. The topological polar surface area (TPSA) is 90.9 Å². The molecule has 2 rings (SSSR count). The number of hydrogen-bond acceptors (Lipinski definition) is 6. The molecule has 0 bridgehead atoms. The molecule has 0 saturated heterocycles. The van der Waals surface area contributed by atoms with Crippen LogP contribution in [-0.4, -0.2) is 38.0 Å². The Labute approximate surface area is 176 Å². The fraction of sp³-hybridized carbons (Fsp3) is 0.348. The first kappa shape index (κ1) is 23.1. The molecule has 1 N–H and O–H groups in total. The average molecular weight is 413 g/mol. The molecule has 0 aliphatic heterocycles. The molecule has 1 atom stereocenters. The zero-order chi connectivity index (χ0) is 22.1. The normalized spacial score (nSPS) is 11.5. The van der Waals surface area contributed by atoms with Gasteiger partial charge in [0.1, 0.15) is 5.75 Å². The molecule has 0 spiro atoms. The lowest BCUT2D eigenvalue weighted by Gasteiger charge is -2.13. The van der Waals surface area contributed by atoms with Crippen molar-refractivity contribution in [1.29, 1.82) is 0 Å². The molecule has 0 aliphatic rings. The van der Waals surface area contributed by atoms with Gasteiger partial charge in [-0.25, -0.2) is 4.79 Å². The highest BCUT2D eigenvalue weighted by molar-refractivity contribution is 5.99. The SMILES string of the molecule is CCOCc1cc(C(=O)OCC(=O)c2ccc([C@H](C)NC(C)=O)cc2)ccc1OC. The highest BCUT2D eigenvalue weighted by Gasteiger charge is 2.15. The molecule has 0 unspecified atom stereocenters. The van der Waals surface area contributed by atoms with E-state index in [2.05, 4.69) is 5.32 Å². The Morgan fingerprint density at radius 2 is 1.70 bits per heavy atom. The molecular weight excluding hydrogens is 386 g/mol. The fourth-order valence-corrected chi connectivity index (χ4v) is 2.87. The van der Waals surface area contributed by atoms with Crippen LogP contribution < -0.4 is 10.1 Å². The Morgan fingerprint density at radius 3 is 2.30 bits per heavy atom. The lowest BCUT2D eigenvalue weighted by atomic mass is 10.0. The molecule has 160 valence electrons. The summed E-state index contributed by atoms with van der Waals surface area (Å²) in [4.78, 5) is 35.9. The summed E-state index contributed by atoms with van der Waals surface area (Å²) >= 11 is 0. The summed E-state index contributed by atoms with van der Waals surface area (Å²) in [6, 6.07) is 11.6. The van der Waals surface area contributed by atoms with Crippen molar-refractivity contribution >= 4 is 17.7 Å². The molecular formula is C23H27NO6. The number of nitrogens with one attached hydrogen (secondary N) is 1. The lowest BCUT2D eigenvalue weighted by Crippen LogP contribution is -2.23. The number of benzene rings is 2. The summed E-state index contributed by atoms with van der Waals surface area (Å²) in [7, 11) is 1.55. The predicted molar refractivity (Wildman–Crippen MR) is 112 cm³/mol. The van der Waals surface area contributed by atoms with Crippen molar-refractivity contribution in [2.24, 2.45) is 0 Å². The zero-order valence-corrected chi connectivity index (χ0v) is 17.7. The minimum absolute atomic E-state index is 0.127. The van der Waals surface area contributed by atoms with Crippen LogP contribution in [0.4, 0.5) is 0 Å². The maximum atomic E-state index is 12.4. The Bertz CT molecular complexity index is 891. The van der Waals surface area contributed by atoms with Gasteiger partial charge in [-0.05, 0) is 37.6 Å². The Hall–Kier alpha value is -3.19. The van der Waals surface area contributed by atoms with E-state index >= 15 is 0 Å². The molecule has 2 aromatic carbocycles. The van der Waals surface area contributed by atoms with Crippen LogP contribution in [0.15, 0.2) is 42.5 Å². The monoisotopic (exact) mass is 413 g/mol. The Morgan fingerprint density at radius 1 is 1.03 bits per heavy atom. The summed E-state index contributed by atoms with van der Waals surface area (Å²) in [5.41, 5.74) is 2.34. The van der Waals surface area contributed by atoms with Gasteiger partial charge in [-0.2, -0.15) is 0 Å². The van der Waals surface area contributed by atoms with E-state index in [1.54, 1.807) is 49.6 Å². The van der Waals surface area contributed by atoms with Crippen molar-refractivity contribution < 1.29 is 28.6 Å². The summed E-state index contributed by atoms with van der Waals surface area (Å²) in [6.07, 6.45) is 0. The van der Waals surface area contributed by atoms with Gasteiger partial charge in [0, 0.05) is 24.7 Å². The number of ketones is 1. The summed E-state index contributed by atoms with van der Waals surface area (Å²) in [5, 5.41) is 2.78. The highest BCUT2D eigenvalue weighted by atomic mass is 16.5. The van der Waals surface area contributed by atoms with E-state index in [4.69, 9.17) is 14.2 Å². The second-order valence-corrected chi connectivity index (χ2v) is 6.71. The van der Waals surface area contributed by atoms with E-state index in [0.29, 0.717) is 30.1 Å². The summed E-state index contributed by atoms with van der Waals surface area (Å²) < 4.78 is 15.8. The number of carbonyl (C=O) groups is 3. The van der Waals surface area contributed by atoms with Crippen LogP contribution >= 0.6 is 0 Å². The van der Waals surface area contributed by atoms with Crippen molar-refractivity contribution in [3.05, 3.63) is 64.7 Å². The molecule has 0 saturated carbocycles. The van der Waals surface area contributed by atoms with Crippen LogP contribution in [0.5, 0.6) is 5.75 Å². The van der Waals surface area contributed by atoms with Gasteiger partial charge in [0.15, 0.2) is 12.4 Å². The molecule has 0 aromatic heterocycles. The quantitative estimate of drug-likeness (QED) is 0.474. The number of hydrogen-bond donors (Lipinski definition) is 1. The fourth-order valence-electron chi connectivity index (χ4n) is 2.87. The number of Topliss-reactive ketones (excluding diaryl/α,β-unsaturated/α-hetero) is 1. The first-order valence-electron chi connectivity index (χ1n) is 9.67. The van der Waals surface area contributed by atoms with Crippen LogP contribution in [0, 0.1) is 0 Å². The van der Waals surface area contributed by atoms with Gasteiger partial charge in [-0.3, -0.25) is 9.59 Å². The largest absolute Gasteiger partial charge is 0.496 e. The third-order valence-corrected chi connectivity index (χ3v) is 4.46. The van der Waals surface area contributed by atoms with E-state index < -0.39 is 5.97 Å². The third-order valence-electron chi connectivity index (χ3n) is 4.46. The highest BCUT2D eigenvalue weighted by Crippen LogP contribution is 2.21. The van der Waals surface area contributed by atoms with Crippen LogP contribution in [0.3, 0.4) is 0 Å². The molecule has 0 heterocycles. The van der Waals surface area contributed by atoms with Crippen LogP contribution in [0.1, 0.15) is 58.7 Å². The van der Waals surface area contributed by atoms with Gasteiger partial charge in [-0.1, -0.05) is 24.3 Å². The molecule has 7 heteroatoms. The maximum absolute atomic E-state index is 12.4. The van der Waals surface area contributed by atoms with Gasteiger partial charge >= 0.3 is 5.97 Å². The van der Waals surface area contributed by atoms with E-state index in [1.807, 2.05) is 13.8 Å². The summed E-state index contributed by atoms with van der Waals surface area (Å²) in [6.45, 7) is 5.66. The smallest absolute Gasteiger partial charge is 0.338 e. The number of carbonyl (C=O) groups excluding carboxylic acids is 3. The number of rotatable bonds is 10. The number of amides is 1. The second-order valence-electron chi connectivity index (χ2n) is 6.71. The minimum Gasteiger partial charge on any atom is -0.496 e. The lowest BCUT2D eigenvalue weighted by molar-refractivity contribution is -0.119. The number of esters is 1. The van der Waals surface area contributed by atoms with Crippen molar-refractivity contribution in [2.45, 2.75) is 33.4 Å². The first-order valence-corrected chi connectivity index (χ1v) is 9.67. The van der Waals surface area contributed by atoms with Crippen molar-refractivity contribution in [3.8, 4) is 5.75 Å². The van der Waals surface area contributed by atoms with Gasteiger partial charge in [-0.15, -0.1) is 0 Å². The van der Waals surface area contributed by atoms with E-state index in [9.17, 15) is 14.4 Å². The molecule has 2 aromatic rings. The number of ether oxygens (including phenoxy) is 3. The zero-order valence-electron chi connectivity index (χ0n) is 17.7. The Kier molecular flexibility index (Phi) is 8.55. The number of methoxy groups -OCH3 is 1. The second kappa shape index (κ2) is 11.1. The third kappa shape index (κ3) is 6.42. The van der Waals surface area contributed by atoms with Gasteiger partial charge in [0.05, 0.1) is 25.3 Å². The molecule has 0 aliphatic carbocycles. The van der Waals surface area contributed by atoms with Gasteiger partial charge < -0.3 is 19.5 Å². The predicted octanol–water partition coefficient (Wildman–Crippen LogP) is 3.47. The molecule has 7 nitrogen and oxygen atoms in total. The van der Waals surface area contributed by atoms with Crippen molar-refractivity contribution in [3.63, 3.8) is 0 Å². The minimum atomic E-state index is -0.598. The van der Waals surface area contributed by atoms with E-state index in [-0.39, 0.29) is 24.3 Å². The van der Waals surface area contributed by atoms with Crippen molar-refractivity contribution in [2.75, 3.05) is 20.3 Å². The average Bonchev–Trinajstić information content (AvgIpc) is 2.75. The van der Waals surface area contributed by atoms with E-state index in [0.717, 1.165) is 11.1 Å². The van der Waals surface area contributed by atoms with Gasteiger partial charge in [0.2, 0.25) is 5.91 Å². The van der Waals surface area contributed by atoms with Crippen LogP contribution in [0.25, 0.3) is 0 Å². The van der Waals surface area contributed by atoms with E-state index in [1.165, 1.54) is 6.92 Å².